The number of hydrogen-bond acceptors (Lipinski definition) is 3. The van der Waals surface area contributed by atoms with Crippen LogP contribution >= 0.6 is 0 Å². The highest BCUT2D eigenvalue weighted by molar-refractivity contribution is 5.87. The Kier molecular flexibility index (Phi) is 3.77. The van der Waals surface area contributed by atoms with Gasteiger partial charge < -0.3 is 5.11 Å². The van der Waals surface area contributed by atoms with Gasteiger partial charge in [0, 0.05) is 18.3 Å². The minimum atomic E-state index is -0.169. The Hall–Kier alpha value is -0.700. The molecule has 4 aliphatic rings. The molecule has 0 spiro atoms. The van der Waals surface area contributed by atoms with Gasteiger partial charge in [-0.3, -0.25) is 9.59 Å². The maximum atomic E-state index is 13.3. The molecule has 4 saturated carbocycles. The van der Waals surface area contributed by atoms with Gasteiger partial charge in [0.25, 0.3) is 0 Å². The van der Waals surface area contributed by atoms with Crippen molar-refractivity contribution in [3.8, 4) is 0 Å². The summed E-state index contributed by atoms with van der Waals surface area (Å²) in [5, 5.41) is 10.1. The first kappa shape index (κ1) is 16.8. The molecule has 8 atom stereocenters. The van der Waals surface area contributed by atoms with Crippen LogP contribution in [0.15, 0.2) is 0 Å². The molecule has 0 aromatic heterocycles. The molecule has 0 bridgehead atoms. The van der Waals surface area contributed by atoms with Gasteiger partial charge in [0.05, 0.1) is 6.10 Å². The number of ketones is 2. The number of carbonyl (C=O) groups excluding carboxylic acids is 2. The fourth-order valence-electron chi connectivity index (χ4n) is 7.72. The zero-order chi connectivity index (χ0) is 17.3. The van der Waals surface area contributed by atoms with Crippen molar-refractivity contribution in [3.05, 3.63) is 0 Å². The lowest BCUT2D eigenvalue weighted by Crippen LogP contribution is -2.58. The van der Waals surface area contributed by atoms with Gasteiger partial charge in [-0.2, -0.15) is 0 Å². The molecule has 1 N–H and O–H groups in total. The van der Waals surface area contributed by atoms with Gasteiger partial charge in [-0.25, -0.2) is 0 Å². The molecule has 0 aromatic carbocycles. The molecule has 6 unspecified atom stereocenters. The second-order valence-corrected chi connectivity index (χ2v) is 9.85. The lowest BCUT2D eigenvalue weighted by molar-refractivity contribution is -0.162. The number of rotatable bonds is 1. The normalized spacial score (nSPS) is 53.9. The van der Waals surface area contributed by atoms with Gasteiger partial charge in [-0.05, 0) is 80.5 Å². The summed E-state index contributed by atoms with van der Waals surface area (Å²) < 4.78 is 0. The smallest absolute Gasteiger partial charge is 0.137 e. The monoisotopic (exact) mass is 332 g/mol. The molecule has 0 aliphatic heterocycles. The average molecular weight is 332 g/mol. The molecule has 0 heterocycles. The van der Waals surface area contributed by atoms with Crippen LogP contribution in [0.2, 0.25) is 0 Å². The third-order valence-electron chi connectivity index (χ3n) is 8.81. The number of aliphatic hydroxyl groups is 1. The van der Waals surface area contributed by atoms with Crippen molar-refractivity contribution in [2.24, 2.45) is 40.4 Å². The second kappa shape index (κ2) is 5.40. The van der Waals surface area contributed by atoms with E-state index in [1.807, 2.05) is 0 Å². The lowest BCUT2D eigenvalue weighted by atomic mass is 9.44. The van der Waals surface area contributed by atoms with Crippen molar-refractivity contribution in [1.82, 2.24) is 0 Å². The second-order valence-electron chi connectivity index (χ2n) is 9.85. The zero-order valence-electron chi connectivity index (χ0n) is 15.4. The van der Waals surface area contributed by atoms with Gasteiger partial charge in [0.1, 0.15) is 11.6 Å². The maximum Gasteiger partial charge on any atom is 0.137 e. The average Bonchev–Trinajstić information content (AvgIpc) is 2.84. The Bertz CT molecular complexity index is 569. The standard InChI is InChI=1S/C21H32O3/c1-12(22)16-6-7-17-15-5-4-13-10-14(23)8-9-20(13,2)19(15)18(24)11-21(16,17)3/h13-17,19,23H,4-11H2,1-3H3/t13-,14+,15?,16?,17?,19?,20?,21?/m0/s1. The van der Waals surface area contributed by atoms with Crippen LogP contribution in [0.1, 0.15) is 72.1 Å². The Balaban J connectivity index is 1.68. The molecule has 0 aromatic rings. The topological polar surface area (TPSA) is 54.4 Å². The van der Waals surface area contributed by atoms with E-state index >= 15 is 0 Å². The van der Waals surface area contributed by atoms with Crippen molar-refractivity contribution in [2.75, 3.05) is 0 Å². The first-order valence-corrected chi connectivity index (χ1v) is 9.98. The highest BCUT2D eigenvalue weighted by Crippen LogP contribution is 2.66. The van der Waals surface area contributed by atoms with Gasteiger partial charge in [-0.15, -0.1) is 0 Å². The van der Waals surface area contributed by atoms with Crippen LogP contribution in [0.25, 0.3) is 0 Å². The fourth-order valence-corrected chi connectivity index (χ4v) is 7.72. The van der Waals surface area contributed by atoms with Crippen molar-refractivity contribution >= 4 is 11.6 Å². The highest BCUT2D eigenvalue weighted by Gasteiger charge is 2.63. The first-order chi connectivity index (χ1) is 11.3. The third-order valence-corrected chi connectivity index (χ3v) is 8.81. The van der Waals surface area contributed by atoms with Crippen molar-refractivity contribution < 1.29 is 14.7 Å². The summed E-state index contributed by atoms with van der Waals surface area (Å²) in [7, 11) is 0. The Morgan fingerprint density at radius 1 is 1.08 bits per heavy atom. The highest BCUT2D eigenvalue weighted by atomic mass is 16.3. The van der Waals surface area contributed by atoms with Gasteiger partial charge in [0.2, 0.25) is 0 Å². The van der Waals surface area contributed by atoms with Crippen LogP contribution in [0.3, 0.4) is 0 Å². The number of fused-ring (bicyclic) bond motifs is 5. The Morgan fingerprint density at radius 2 is 1.83 bits per heavy atom. The molecule has 4 rings (SSSR count). The zero-order valence-corrected chi connectivity index (χ0v) is 15.4. The molecule has 0 radical (unpaired) electrons. The van der Waals surface area contributed by atoms with E-state index in [1.165, 1.54) is 0 Å². The largest absolute Gasteiger partial charge is 0.393 e. The molecule has 134 valence electrons. The summed E-state index contributed by atoms with van der Waals surface area (Å²) in [5.41, 5.74) is -0.0175. The van der Waals surface area contributed by atoms with Crippen LogP contribution in [0, 0.1) is 40.4 Å². The van der Waals surface area contributed by atoms with E-state index in [9.17, 15) is 14.7 Å². The summed E-state index contributed by atoms with van der Waals surface area (Å²) in [4.78, 5) is 25.5. The molecular formula is C21H32O3. The minimum absolute atomic E-state index is 0.0782. The SMILES string of the molecule is CC(=O)C1CCC2C3CC[C@H]4C[C@H](O)CCC4(C)C3C(=O)CC12C. The molecule has 3 heteroatoms. The quantitative estimate of drug-likeness (QED) is 0.795. The van der Waals surface area contributed by atoms with Crippen molar-refractivity contribution in [2.45, 2.75) is 78.2 Å². The van der Waals surface area contributed by atoms with Crippen LogP contribution in [-0.2, 0) is 9.59 Å². The van der Waals surface area contributed by atoms with Gasteiger partial charge >= 0.3 is 0 Å². The maximum absolute atomic E-state index is 13.3. The minimum Gasteiger partial charge on any atom is -0.393 e. The van der Waals surface area contributed by atoms with E-state index in [0.29, 0.717) is 30.0 Å². The third kappa shape index (κ3) is 2.12. The molecule has 4 fully saturated rings. The summed E-state index contributed by atoms with van der Waals surface area (Å²) in [6.07, 6.45) is 7.53. The van der Waals surface area contributed by atoms with Crippen molar-refractivity contribution in [3.63, 3.8) is 0 Å². The summed E-state index contributed by atoms with van der Waals surface area (Å²) in [6.45, 7) is 6.28. The van der Waals surface area contributed by atoms with Crippen LogP contribution in [0.4, 0.5) is 0 Å². The van der Waals surface area contributed by atoms with Crippen LogP contribution in [-0.4, -0.2) is 22.8 Å². The molecule has 4 aliphatic carbocycles. The van der Waals surface area contributed by atoms with Gasteiger partial charge in [-0.1, -0.05) is 13.8 Å². The summed E-state index contributed by atoms with van der Waals surface area (Å²) in [5.74, 6) is 2.48. The van der Waals surface area contributed by atoms with E-state index in [0.717, 1.165) is 44.9 Å². The molecule has 24 heavy (non-hydrogen) atoms. The fraction of sp³-hybridized carbons (Fsp3) is 0.905. The van der Waals surface area contributed by atoms with E-state index in [-0.39, 0.29) is 34.6 Å². The lowest BCUT2D eigenvalue weighted by Gasteiger charge is -2.59. The predicted octanol–water partition coefficient (Wildman–Crippen LogP) is 3.77. The van der Waals surface area contributed by atoms with Crippen LogP contribution < -0.4 is 0 Å². The van der Waals surface area contributed by atoms with Gasteiger partial charge in [0.15, 0.2) is 0 Å². The molecule has 0 amide bonds. The van der Waals surface area contributed by atoms with E-state index in [4.69, 9.17) is 0 Å². The van der Waals surface area contributed by atoms with E-state index < -0.39 is 0 Å². The number of hydrogen-bond donors (Lipinski definition) is 1. The summed E-state index contributed by atoms with van der Waals surface area (Å²) >= 11 is 0. The molecule has 3 nitrogen and oxygen atoms in total. The number of Topliss-reactive ketones (excluding diaryl/α,β-unsaturated/α-hetero) is 2. The number of aliphatic hydroxyl groups excluding tert-OH is 1. The van der Waals surface area contributed by atoms with Crippen LogP contribution in [0.5, 0.6) is 0 Å². The predicted molar refractivity (Wildman–Crippen MR) is 92.3 cm³/mol. The first-order valence-electron chi connectivity index (χ1n) is 9.98. The summed E-state index contributed by atoms with van der Waals surface area (Å²) in [6, 6.07) is 0. The van der Waals surface area contributed by atoms with E-state index in [2.05, 4.69) is 13.8 Å². The Morgan fingerprint density at radius 3 is 2.54 bits per heavy atom. The number of carbonyl (C=O) groups is 2. The molecular weight excluding hydrogens is 300 g/mol. The molecule has 0 saturated heterocycles. The van der Waals surface area contributed by atoms with E-state index in [1.54, 1.807) is 6.92 Å². The van der Waals surface area contributed by atoms with Crippen molar-refractivity contribution in [1.29, 1.82) is 0 Å². The Labute approximate surface area is 145 Å².